The standard InChI is InChI=1S/C16H16N2O5S2/c1-21-9-4-5-10(12(6-9)22-2)15-18-14(20)11(7-17)16(25-15)24-8-13(19)23-3/h4-6,15H,8H2,1-3H3,(H,18,20). The average molecular weight is 380 g/mol. The summed E-state index contributed by atoms with van der Waals surface area (Å²) in [6.07, 6.45) is 0. The summed E-state index contributed by atoms with van der Waals surface area (Å²) < 4.78 is 15.6. The second-order valence-electron chi connectivity index (χ2n) is 4.72. The lowest BCUT2D eigenvalue weighted by atomic mass is 10.1. The Morgan fingerprint density at radius 1 is 1.36 bits per heavy atom. The molecule has 1 amide bonds. The van der Waals surface area contributed by atoms with E-state index in [4.69, 9.17) is 9.47 Å². The summed E-state index contributed by atoms with van der Waals surface area (Å²) >= 11 is 2.38. The number of nitrogens with one attached hydrogen (secondary N) is 1. The molecule has 1 aromatic rings. The van der Waals surface area contributed by atoms with Crippen LogP contribution in [0.4, 0.5) is 0 Å². The third-order valence-corrected chi connectivity index (χ3v) is 5.82. The van der Waals surface area contributed by atoms with Crippen LogP contribution in [-0.2, 0) is 14.3 Å². The summed E-state index contributed by atoms with van der Waals surface area (Å²) in [5, 5.41) is 11.5. The van der Waals surface area contributed by atoms with Gasteiger partial charge in [-0.3, -0.25) is 9.59 Å². The molecule has 1 unspecified atom stereocenters. The van der Waals surface area contributed by atoms with Crippen LogP contribution in [-0.4, -0.2) is 39.0 Å². The predicted octanol–water partition coefficient (Wildman–Crippen LogP) is 2.21. The van der Waals surface area contributed by atoms with E-state index in [1.165, 1.54) is 26.0 Å². The minimum atomic E-state index is -0.489. The summed E-state index contributed by atoms with van der Waals surface area (Å²) in [7, 11) is 4.36. The van der Waals surface area contributed by atoms with Gasteiger partial charge in [-0.15, -0.1) is 11.8 Å². The number of ether oxygens (including phenoxy) is 3. The van der Waals surface area contributed by atoms with Crippen molar-refractivity contribution in [3.05, 3.63) is 33.6 Å². The summed E-state index contributed by atoms with van der Waals surface area (Å²) in [5.41, 5.74) is 0.720. The Morgan fingerprint density at radius 2 is 2.12 bits per heavy atom. The molecule has 25 heavy (non-hydrogen) atoms. The van der Waals surface area contributed by atoms with E-state index >= 15 is 0 Å². The monoisotopic (exact) mass is 380 g/mol. The molecular weight excluding hydrogens is 364 g/mol. The first-order chi connectivity index (χ1) is 12.0. The van der Waals surface area contributed by atoms with Crippen LogP contribution in [0.15, 0.2) is 28.0 Å². The van der Waals surface area contributed by atoms with Gasteiger partial charge in [0.25, 0.3) is 5.91 Å². The second-order valence-corrected chi connectivity index (χ2v) is 7.08. The Kier molecular flexibility index (Phi) is 6.61. The summed E-state index contributed by atoms with van der Waals surface area (Å²) in [5.74, 6) is 0.275. The Labute approximate surface area is 153 Å². The van der Waals surface area contributed by atoms with Gasteiger partial charge in [0.15, 0.2) is 0 Å². The Bertz CT molecular complexity index is 757. The Hall–Kier alpha value is -2.31. The van der Waals surface area contributed by atoms with Crippen molar-refractivity contribution in [2.45, 2.75) is 5.37 Å². The fraction of sp³-hybridized carbons (Fsp3) is 0.312. The molecule has 9 heteroatoms. The number of hydrogen-bond acceptors (Lipinski definition) is 8. The van der Waals surface area contributed by atoms with Crippen LogP contribution in [0.1, 0.15) is 10.9 Å². The molecule has 0 aliphatic carbocycles. The zero-order valence-corrected chi connectivity index (χ0v) is 15.5. The van der Waals surface area contributed by atoms with E-state index < -0.39 is 17.3 Å². The molecular formula is C16H16N2O5S2. The van der Waals surface area contributed by atoms with Gasteiger partial charge in [-0.25, -0.2) is 0 Å². The highest BCUT2D eigenvalue weighted by molar-refractivity contribution is 8.22. The molecule has 1 aromatic carbocycles. The minimum absolute atomic E-state index is 0.0115. The van der Waals surface area contributed by atoms with Crippen molar-refractivity contribution in [3.8, 4) is 17.6 Å². The van der Waals surface area contributed by atoms with Crippen molar-refractivity contribution in [1.29, 1.82) is 5.26 Å². The smallest absolute Gasteiger partial charge is 0.316 e. The normalized spacial score (nSPS) is 16.7. The van der Waals surface area contributed by atoms with Crippen molar-refractivity contribution in [3.63, 3.8) is 0 Å². The second kappa shape index (κ2) is 8.69. The van der Waals surface area contributed by atoms with Gasteiger partial charge in [0.1, 0.15) is 28.5 Å². The first kappa shape index (κ1) is 19.0. The molecule has 132 valence electrons. The van der Waals surface area contributed by atoms with Crippen molar-refractivity contribution in [2.24, 2.45) is 0 Å². The number of hydrogen-bond donors (Lipinski definition) is 1. The van der Waals surface area contributed by atoms with E-state index in [0.717, 1.165) is 17.3 Å². The molecule has 0 saturated carbocycles. The van der Waals surface area contributed by atoms with Gasteiger partial charge in [0.05, 0.1) is 31.3 Å². The van der Waals surface area contributed by atoms with E-state index in [0.29, 0.717) is 15.7 Å². The van der Waals surface area contributed by atoms with Gasteiger partial charge in [-0.05, 0) is 12.1 Å². The number of carbonyl (C=O) groups excluding carboxylic acids is 2. The average Bonchev–Trinajstić information content (AvgIpc) is 2.64. The number of nitriles is 1. The molecule has 0 saturated heterocycles. The van der Waals surface area contributed by atoms with E-state index in [9.17, 15) is 14.9 Å². The summed E-state index contributed by atoms with van der Waals surface area (Å²) in [6, 6.07) is 7.15. The number of thioether (sulfide) groups is 2. The topological polar surface area (TPSA) is 97.7 Å². The third kappa shape index (κ3) is 4.41. The lowest BCUT2D eigenvalue weighted by Crippen LogP contribution is -2.31. The highest BCUT2D eigenvalue weighted by Crippen LogP contribution is 2.46. The molecule has 1 N–H and O–H groups in total. The van der Waals surface area contributed by atoms with Crippen LogP contribution in [0, 0.1) is 11.3 Å². The molecule has 1 aliphatic rings. The number of amides is 1. The fourth-order valence-corrected chi connectivity index (χ4v) is 4.39. The Morgan fingerprint density at radius 3 is 2.72 bits per heavy atom. The van der Waals surface area contributed by atoms with Crippen molar-refractivity contribution < 1.29 is 23.8 Å². The van der Waals surface area contributed by atoms with Crippen molar-refractivity contribution >= 4 is 35.4 Å². The van der Waals surface area contributed by atoms with Crippen LogP contribution in [0.25, 0.3) is 0 Å². The quantitative estimate of drug-likeness (QED) is 0.750. The van der Waals surface area contributed by atoms with Crippen LogP contribution in [0.3, 0.4) is 0 Å². The fourth-order valence-electron chi connectivity index (χ4n) is 2.04. The van der Waals surface area contributed by atoms with Crippen LogP contribution >= 0.6 is 23.5 Å². The van der Waals surface area contributed by atoms with Crippen LogP contribution < -0.4 is 14.8 Å². The molecule has 0 bridgehead atoms. The van der Waals surface area contributed by atoms with Crippen LogP contribution in [0.2, 0.25) is 0 Å². The van der Waals surface area contributed by atoms with Crippen molar-refractivity contribution in [2.75, 3.05) is 27.1 Å². The lowest BCUT2D eigenvalue weighted by Gasteiger charge is -2.26. The van der Waals surface area contributed by atoms with E-state index in [-0.39, 0.29) is 11.3 Å². The predicted molar refractivity (Wildman–Crippen MR) is 95.1 cm³/mol. The first-order valence-electron chi connectivity index (χ1n) is 7.07. The summed E-state index contributed by atoms with van der Waals surface area (Å²) in [6.45, 7) is 0. The van der Waals surface area contributed by atoms with E-state index in [1.54, 1.807) is 25.3 Å². The zero-order valence-electron chi connectivity index (χ0n) is 13.8. The van der Waals surface area contributed by atoms with Gasteiger partial charge in [0, 0.05) is 11.6 Å². The number of esters is 1. The van der Waals surface area contributed by atoms with Gasteiger partial charge in [-0.2, -0.15) is 5.26 Å². The Balaban J connectivity index is 2.31. The molecule has 0 fully saturated rings. The number of carbonyl (C=O) groups is 2. The minimum Gasteiger partial charge on any atom is -0.497 e. The molecule has 1 atom stereocenters. The maximum absolute atomic E-state index is 12.3. The molecule has 0 radical (unpaired) electrons. The highest BCUT2D eigenvalue weighted by Gasteiger charge is 2.31. The number of methoxy groups -OCH3 is 3. The molecule has 1 aliphatic heterocycles. The van der Waals surface area contributed by atoms with E-state index in [1.807, 2.05) is 6.07 Å². The zero-order chi connectivity index (χ0) is 18.4. The molecule has 1 heterocycles. The molecule has 0 aromatic heterocycles. The lowest BCUT2D eigenvalue weighted by molar-refractivity contribution is -0.137. The number of benzene rings is 1. The van der Waals surface area contributed by atoms with E-state index in [2.05, 4.69) is 10.1 Å². The maximum atomic E-state index is 12.3. The van der Waals surface area contributed by atoms with Gasteiger partial charge < -0.3 is 19.5 Å². The van der Waals surface area contributed by atoms with Gasteiger partial charge in [0.2, 0.25) is 0 Å². The number of nitrogens with zero attached hydrogens (tertiary/aromatic N) is 1. The molecule has 2 rings (SSSR count). The van der Waals surface area contributed by atoms with Gasteiger partial charge >= 0.3 is 5.97 Å². The first-order valence-corrected chi connectivity index (χ1v) is 8.94. The highest BCUT2D eigenvalue weighted by atomic mass is 32.2. The third-order valence-electron chi connectivity index (χ3n) is 3.30. The molecule has 7 nitrogen and oxygen atoms in total. The number of rotatable bonds is 6. The van der Waals surface area contributed by atoms with Crippen molar-refractivity contribution in [1.82, 2.24) is 5.32 Å². The SMILES string of the molecule is COC(=O)CSC1=C(C#N)C(=O)NC(c2ccc(OC)cc2OC)S1. The maximum Gasteiger partial charge on any atom is 0.316 e. The largest absolute Gasteiger partial charge is 0.497 e. The summed E-state index contributed by atoms with van der Waals surface area (Å²) in [4.78, 5) is 23.6. The molecule has 0 spiro atoms. The van der Waals surface area contributed by atoms with Gasteiger partial charge in [-0.1, -0.05) is 11.8 Å². The van der Waals surface area contributed by atoms with Crippen LogP contribution in [0.5, 0.6) is 11.5 Å².